The lowest BCUT2D eigenvalue weighted by Crippen LogP contribution is -2.50. The van der Waals surface area contributed by atoms with Gasteiger partial charge in [0.25, 0.3) is 0 Å². The van der Waals surface area contributed by atoms with Crippen LogP contribution in [-0.4, -0.2) is 11.2 Å². The molecule has 4 aliphatic rings. The minimum atomic E-state index is -0.0766. The predicted octanol–water partition coefficient (Wildman–Crippen LogP) is 7.45. The van der Waals surface area contributed by atoms with Crippen LogP contribution in [0.3, 0.4) is 0 Å². The highest BCUT2D eigenvalue weighted by molar-refractivity contribution is 6.92. The van der Waals surface area contributed by atoms with Gasteiger partial charge in [0.1, 0.15) is 0 Å². The number of fused-ring (bicyclic) bond motifs is 5. The molecule has 4 rings (SSSR count). The van der Waals surface area contributed by atoms with Gasteiger partial charge in [0.05, 0.1) is 6.10 Å². The maximum absolute atomic E-state index is 10.2. The van der Waals surface area contributed by atoms with Crippen molar-refractivity contribution in [2.75, 3.05) is 0 Å². The van der Waals surface area contributed by atoms with E-state index in [4.69, 9.17) is 0 Å². The third-order valence-corrected chi connectivity index (χ3v) is 10.3. The summed E-state index contributed by atoms with van der Waals surface area (Å²) in [4.78, 5) is 0. The summed E-state index contributed by atoms with van der Waals surface area (Å²) in [5.41, 5.74) is 2.60. The van der Waals surface area contributed by atoms with E-state index in [0.29, 0.717) is 10.8 Å². The second kappa shape index (κ2) is 8.94. The highest BCUT2D eigenvalue weighted by atomic mass is 31.0. The molecule has 2 unspecified atom stereocenters. The topological polar surface area (TPSA) is 20.2 Å². The molecule has 2 heteroatoms. The van der Waals surface area contributed by atoms with Crippen LogP contribution in [0.1, 0.15) is 105 Å². The van der Waals surface area contributed by atoms with Crippen molar-refractivity contribution in [2.24, 2.45) is 46.3 Å². The summed E-state index contributed by atoms with van der Waals surface area (Å²) in [5.74, 6) is 5.46. The van der Waals surface area contributed by atoms with Gasteiger partial charge in [-0.15, -0.1) is 0 Å². The zero-order chi connectivity index (χ0) is 20.1. The van der Waals surface area contributed by atoms with E-state index in [9.17, 15) is 5.11 Å². The zero-order valence-electron chi connectivity index (χ0n) is 20.1. The van der Waals surface area contributed by atoms with Gasteiger partial charge in [-0.1, -0.05) is 65.5 Å². The van der Waals surface area contributed by atoms with Crippen molar-refractivity contribution in [3.63, 3.8) is 0 Å². The van der Waals surface area contributed by atoms with Crippen LogP contribution in [0.2, 0.25) is 0 Å². The number of rotatable bonds is 5. The van der Waals surface area contributed by atoms with E-state index in [2.05, 4.69) is 40.7 Å². The summed E-state index contributed by atoms with van der Waals surface area (Å²) in [6.45, 7) is 12.6. The molecule has 0 aromatic rings. The molecule has 0 radical (unpaired) electrons. The van der Waals surface area contributed by atoms with Crippen molar-refractivity contribution in [3.05, 3.63) is 11.6 Å². The van der Waals surface area contributed by atoms with Crippen molar-refractivity contribution in [1.82, 2.24) is 0 Å². The number of aliphatic hydroxyl groups excluding tert-OH is 1. The highest BCUT2D eigenvalue weighted by Gasteiger charge is 2.59. The fourth-order valence-corrected chi connectivity index (χ4v) is 8.67. The number of aliphatic hydroxyl groups is 1. The van der Waals surface area contributed by atoms with Gasteiger partial charge < -0.3 is 5.11 Å². The van der Waals surface area contributed by atoms with Crippen LogP contribution in [0.15, 0.2) is 11.6 Å². The summed E-state index contributed by atoms with van der Waals surface area (Å²) in [5, 5.41) is 10.2. The van der Waals surface area contributed by atoms with E-state index in [0.717, 1.165) is 48.3 Å². The lowest BCUT2D eigenvalue weighted by Gasteiger charge is -2.58. The lowest BCUT2D eigenvalue weighted by atomic mass is 9.47. The van der Waals surface area contributed by atoms with Crippen LogP contribution >= 0.6 is 9.90 Å². The van der Waals surface area contributed by atoms with Crippen molar-refractivity contribution in [3.8, 4) is 0 Å². The van der Waals surface area contributed by atoms with Gasteiger partial charge in [-0.3, -0.25) is 0 Å². The Labute approximate surface area is 184 Å². The third-order valence-electron chi connectivity index (χ3n) is 10.3. The average molecular weight is 421 g/mol. The highest BCUT2D eigenvalue weighted by Crippen LogP contribution is 2.67. The van der Waals surface area contributed by atoms with E-state index in [-0.39, 0.29) is 16.0 Å². The Morgan fingerprint density at radius 2 is 1.76 bits per heavy atom. The molecule has 4 aliphatic carbocycles. The Morgan fingerprint density at radius 1 is 1.00 bits per heavy atom. The van der Waals surface area contributed by atoms with Gasteiger partial charge in [0.15, 0.2) is 0 Å². The fraction of sp³-hybridized carbons (Fsp3) is 0.926. The standard InChI is InChI=1S/C27H46O.H3P/c1-18(2)7-6-8-19(3)23-11-12-24-22-10-9-20-17-21(28)13-15-26(20,4)25(22)14-16-27(23,24)5;/h9,18-19,21-25,28H,6-8,10-17H2,1-5H3;1H3/t19?,21-,22-,23+,24-,25-,26-,27+;/m0./s1. The number of hydrogen-bond donors (Lipinski definition) is 1. The summed E-state index contributed by atoms with van der Waals surface area (Å²) < 4.78 is 0. The Hall–Kier alpha value is 0.130. The Morgan fingerprint density at radius 3 is 2.48 bits per heavy atom. The van der Waals surface area contributed by atoms with E-state index in [1.54, 1.807) is 5.57 Å². The molecule has 0 saturated heterocycles. The van der Waals surface area contributed by atoms with Crippen molar-refractivity contribution in [2.45, 2.75) is 111 Å². The van der Waals surface area contributed by atoms with Gasteiger partial charge >= 0.3 is 0 Å². The summed E-state index contributed by atoms with van der Waals surface area (Å²) in [6, 6.07) is 0. The molecule has 0 aliphatic heterocycles. The van der Waals surface area contributed by atoms with Gasteiger partial charge in [0, 0.05) is 0 Å². The summed E-state index contributed by atoms with van der Waals surface area (Å²) in [6.07, 6.45) is 17.2. The third kappa shape index (κ3) is 4.14. The molecular formula is C27H49OP. The number of allylic oxidation sites excluding steroid dienone is 1. The van der Waals surface area contributed by atoms with E-state index < -0.39 is 0 Å². The first kappa shape index (κ1) is 23.8. The molecule has 168 valence electrons. The SMILES string of the molecule is CC(C)CCCC(C)[C@H]1CC[C@H]2[C@@H]3CC=C4C[C@@H](O)CC[C@]4(C)[C@H]3CC[C@]12C.P. The van der Waals surface area contributed by atoms with Crippen molar-refractivity contribution in [1.29, 1.82) is 0 Å². The number of hydrogen-bond acceptors (Lipinski definition) is 1. The molecule has 9 atom stereocenters. The smallest absolute Gasteiger partial charge is 0.0577 e. The monoisotopic (exact) mass is 420 g/mol. The van der Waals surface area contributed by atoms with Crippen LogP contribution < -0.4 is 0 Å². The van der Waals surface area contributed by atoms with Gasteiger partial charge in [0.2, 0.25) is 0 Å². The normalized spacial score (nSPS) is 44.9. The molecule has 0 heterocycles. The first-order valence-corrected chi connectivity index (χ1v) is 12.6. The maximum atomic E-state index is 10.2. The van der Waals surface area contributed by atoms with E-state index >= 15 is 0 Å². The zero-order valence-corrected chi connectivity index (χ0v) is 21.5. The molecular weight excluding hydrogens is 371 g/mol. The lowest BCUT2D eigenvalue weighted by molar-refractivity contribution is -0.0573. The van der Waals surface area contributed by atoms with Crippen LogP contribution in [0.25, 0.3) is 0 Å². The van der Waals surface area contributed by atoms with E-state index in [1.807, 2.05) is 0 Å². The fourth-order valence-electron chi connectivity index (χ4n) is 8.67. The molecule has 0 spiro atoms. The van der Waals surface area contributed by atoms with Gasteiger partial charge in [-0.25, -0.2) is 0 Å². The Balaban J connectivity index is 0.00000240. The molecule has 3 fully saturated rings. The summed E-state index contributed by atoms with van der Waals surface area (Å²) >= 11 is 0. The largest absolute Gasteiger partial charge is 0.393 e. The molecule has 1 N–H and O–H groups in total. The molecule has 29 heavy (non-hydrogen) atoms. The maximum Gasteiger partial charge on any atom is 0.0577 e. The van der Waals surface area contributed by atoms with Crippen molar-refractivity contribution < 1.29 is 5.11 Å². The Bertz CT molecular complexity index is 597. The van der Waals surface area contributed by atoms with Crippen LogP contribution in [-0.2, 0) is 0 Å². The average Bonchev–Trinajstić information content (AvgIpc) is 2.99. The second-order valence-corrected chi connectivity index (χ2v) is 12.2. The van der Waals surface area contributed by atoms with Crippen LogP contribution in [0, 0.1) is 46.3 Å². The quantitative estimate of drug-likeness (QED) is 0.362. The Kier molecular flexibility index (Phi) is 7.33. The predicted molar refractivity (Wildman–Crippen MR) is 130 cm³/mol. The first-order chi connectivity index (χ1) is 13.3. The summed E-state index contributed by atoms with van der Waals surface area (Å²) in [7, 11) is 0. The molecule has 0 bridgehead atoms. The first-order valence-electron chi connectivity index (χ1n) is 12.6. The van der Waals surface area contributed by atoms with Gasteiger partial charge in [-0.05, 0) is 97.7 Å². The molecule has 3 saturated carbocycles. The molecule has 0 aromatic heterocycles. The second-order valence-electron chi connectivity index (χ2n) is 12.2. The molecule has 1 nitrogen and oxygen atoms in total. The molecule has 0 amide bonds. The van der Waals surface area contributed by atoms with Gasteiger partial charge in [-0.2, -0.15) is 9.90 Å². The van der Waals surface area contributed by atoms with Crippen LogP contribution in [0.4, 0.5) is 0 Å². The minimum Gasteiger partial charge on any atom is -0.393 e. The molecule has 0 aromatic carbocycles. The van der Waals surface area contributed by atoms with E-state index in [1.165, 1.54) is 57.8 Å². The van der Waals surface area contributed by atoms with Crippen LogP contribution in [0.5, 0.6) is 0 Å². The minimum absolute atomic E-state index is 0. The van der Waals surface area contributed by atoms with Crippen molar-refractivity contribution >= 4 is 9.90 Å².